The number of nitrogens with zero attached hydrogens (tertiary/aromatic N) is 2. The monoisotopic (exact) mass is 232 g/mol. The van der Waals surface area contributed by atoms with Gasteiger partial charge in [-0.3, -0.25) is 0 Å². The Morgan fingerprint density at radius 3 is 2.29 bits per heavy atom. The van der Waals surface area contributed by atoms with E-state index in [1.54, 1.807) is 31.4 Å². The minimum Gasteiger partial charge on any atom is -0.497 e. The average molecular weight is 232 g/mol. The molecule has 6 heteroatoms. The van der Waals surface area contributed by atoms with Gasteiger partial charge in [0.2, 0.25) is 5.88 Å². The second-order valence-electron chi connectivity index (χ2n) is 3.26. The Morgan fingerprint density at radius 1 is 1.00 bits per heavy atom. The SMILES string of the molecule is COc1ccc(Oc2ncnc(N)c2N)cc1. The van der Waals surface area contributed by atoms with Gasteiger partial charge in [-0.25, -0.2) is 4.98 Å². The minimum absolute atomic E-state index is 0.198. The summed E-state index contributed by atoms with van der Waals surface area (Å²) in [5, 5.41) is 0. The fraction of sp³-hybridized carbons (Fsp3) is 0.0909. The third kappa shape index (κ3) is 2.36. The van der Waals surface area contributed by atoms with Crippen LogP contribution in [0.15, 0.2) is 30.6 Å². The van der Waals surface area contributed by atoms with Crippen LogP contribution in [0.5, 0.6) is 17.4 Å². The van der Waals surface area contributed by atoms with Crippen LogP contribution in [0.25, 0.3) is 0 Å². The Hall–Kier alpha value is -2.50. The van der Waals surface area contributed by atoms with Gasteiger partial charge in [0.25, 0.3) is 0 Å². The molecule has 17 heavy (non-hydrogen) atoms. The molecule has 2 rings (SSSR count). The van der Waals surface area contributed by atoms with E-state index in [4.69, 9.17) is 20.9 Å². The van der Waals surface area contributed by atoms with Gasteiger partial charge in [-0.1, -0.05) is 0 Å². The molecule has 0 fully saturated rings. The van der Waals surface area contributed by atoms with Crippen molar-refractivity contribution in [3.8, 4) is 17.4 Å². The molecule has 0 atom stereocenters. The molecule has 1 heterocycles. The number of hydrogen-bond acceptors (Lipinski definition) is 6. The van der Waals surface area contributed by atoms with E-state index in [9.17, 15) is 0 Å². The Bertz CT molecular complexity index is 513. The maximum absolute atomic E-state index is 5.69. The number of aromatic nitrogens is 2. The third-order valence-corrected chi connectivity index (χ3v) is 2.15. The summed E-state index contributed by atoms with van der Waals surface area (Å²) in [7, 11) is 1.60. The van der Waals surface area contributed by atoms with Crippen molar-refractivity contribution in [2.75, 3.05) is 18.6 Å². The summed E-state index contributed by atoms with van der Waals surface area (Å²) in [4.78, 5) is 7.66. The maximum atomic E-state index is 5.69. The van der Waals surface area contributed by atoms with Gasteiger partial charge < -0.3 is 20.9 Å². The lowest BCUT2D eigenvalue weighted by Gasteiger charge is -2.08. The predicted octanol–water partition coefficient (Wildman–Crippen LogP) is 1.44. The van der Waals surface area contributed by atoms with Gasteiger partial charge in [-0.05, 0) is 24.3 Å². The summed E-state index contributed by atoms with van der Waals surface area (Å²) < 4.78 is 10.5. The van der Waals surface area contributed by atoms with E-state index in [1.165, 1.54) is 6.33 Å². The van der Waals surface area contributed by atoms with Gasteiger partial charge >= 0.3 is 0 Å². The van der Waals surface area contributed by atoms with Crippen molar-refractivity contribution in [3.63, 3.8) is 0 Å². The lowest BCUT2D eigenvalue weighted by molar-refractivity contribution is 0.412. The molecule has 0 bridgehead atoms. The highest BCUT2D eigenvalue weighted by molar-refractivity contribution is 5.64. The first-order chi connectivity index (χ1) is 8.20. The van der Waals surface area contributed by atoms with Crippen LogP contribution in [0.1, 0.15) is 0 Å². The van der Waals surface area contributed by atoms with E-state index in [0.29, 0.717) is 5.75 Å². The van der Waals surface area contributed by atoms with E-state index in [0.717, 1.165) is 5.75 Å². The van der Waals surface area contributed by atoms with E-state index in [-0.39, 0.29) is 17.4 Å². The molecule has 0 aliphatic rings. The minimum atomic E-state index is 0.198. The summed E-state index contributed by atoms with van der Waals surface area (Å²) in [5.74, 6) is 1.77. The first-order valence-corrected chi connectivity index (χ1v) is 4.88. The molecular weight excluding hydrogens is 220 g/mol. The van der Waals surface area contributed by atoms with Gasteiger partial charge in [0.1, 0.15) is 23.5 Å². The van der Waals surface area contributed by atoms with E-state index < -0.39 is 0 Å². The van der Waals surface area contributed by atoms with Crippen LogP contribution < -0.4 is 20.9 Å². The number of methoxy groups -OCH3 is 1. The second kappa shape index (κ2) is 4.56. The van der Waals surface area contributed by atoms with Gasteiger partial charge in [0, 0.05) is 0 Å². The normalized spacial score (nSPS) is 9.94. The molecule has 1 aromatic heterocycles. The smallest absolute Gasteiger partial charge is 0.248 e. The van der Waals surface area contributed by atoms with Crippen molar-refractivity contribution >= 4 is 11.5 Å². The van der Waals surface area contributed by atoms with Gasteiger partial charge in [0.15, 0.2) is 5.82 Å². The second-order valence-corrected chi connectivity index (χ2v) is 3.26. The van der Waals surface area contributed by atoms with Crippen molar-refractivity contribution in [2.24, 2.45) is 0 Å². The zero-order valence-electron chi connectivity index (χ0n) is 9.25. The van der Waals surface area contributed by atoms with E-state index in [1.807, 2.05) is 0 Å². The number of anilines is 2. The van der Waals surface area contributed by atoms with Crippen LogP contribution in [0, 0.1) is 0 Å². The van der Waals surface area contributed by atoms with Crippen molar-refractivity contribution in [3.05, 3.63) is 30.6 Å². The number of benzene rings is 1. The number of nitrogens with two attached hydrogens (primary N) is 2. The lowest BCUT2D eigenvalue weighted by atomic mass is 10.3. The number of hydrogen-bond donors (Lipinski definition) is 2. The van der Waals surface area contributed by atoms with Crippen molar-refractivity contribution in [2.45, 2.75) is 0 Å². The van der Waals surface area contributed by atoms with Crippen LogP contribution in [0.4, 0.5) is 11.5 Å². The molecule has 6 nitrogen and oxygen atoms in total. The molecule has 0 spiro atoms. The average Bonchev–Trinajstić information content (AvgIpc) is 2.36. The molecule has 0 amide bonds. The van der Waals surface area contributed by atoms with E-state index >= 15 is 0 Å². The highest BCUT2D eigenvalue weighted by Crippen LogP contribution is 2.28. The molecular formula is C11H12N4O2. The standard InChI is InChI=1S/C11H12N4O2/c1-16-7-2-4-8(5-3-7)17-11-9(12)10(13)14-6-15-11/h2-6H,12H2,1H3,(H2,13,14,15). The molecule has 4 N–H and O–H groups in total. The number of rotatable bonds is 3. The number of nitrogen functional groups attached to an aromatic ring is 2. The molecule has 0 saturated heterocycles. The summed E-state index contributed by atoms with van der Waals surface area (Å²) >= 11 is 0. The highest BCUT2D eigenvalue weighted by atomic mass is 16.5. The Balaban J connectivity index is 2.22. The first-order valence-electron chi connectivity index (χ1n) is 4.88. The predicted molar refractivity (Wildman–Crippen MR) is 63.9 cm³/mol. The summed E-state index contributed by atoms with van der Waals surface area (Å²) in [6, 6.07) is 7.04. The molecule has 1 aromatic carbocycles. The van der Waals surface area contributed by atoms with Crippen LogP contribution in [-0.4, -0.2) is 17.1 Å². The summed E-state index contributed by atoms with van der Waals surface area (Å²) in [5.41, 5.74) is 11.5. The van der Waals surface area contributed by atoms with Gasteiger partial charge in [-0.2, -0.15) is 4.98 Å². The molecule has 0 radical (unpaired) electrons. The first kappa shape index (κ1) is 11.0. The van der Waals surface area contributed by atoms with Crippen LogP contribution in [0.2, 0.25) is 0 Å². The Labute approximate surface area is 98.2 Å². The van der Waals surface area contributed by atoms with Gasteiger partial charge in [0.05, 0.1) is 7.11 Å². The van der Waals surface area contributed by atoms with Crippen LogP contribution in [0.3, 0.4) is 0 Å². The van der Waals surface area contributed by atoms with Crippen LogP contribution in [-0.2, 0) is 0 Å². The maximum Gasteiger partial charge on any atom is 0.248 e. The molecule has 0 aliphatic carbocycles. The van der Waals surface area contributed by atoms with E-state index in [2.05, 4.69) is 9.97 Å². The fourth-order valence-corrected chi connectivity index (χ4v) is 1.23. The topological polar surface area (TPSA) is 96.3 Å². The quantitative estimate of drug-likeness (QED) is 0.831. The summed E-state index contributed by atoms with van der Waals surface area (Å²) in [6.45, 7) is 0. The zero-order valence-corrected chi connectivity index (χ0v) is 9.25. The lowest BCUT2D eigenvalue weighted by Crippen LogP contribution is -2.02. The summed E-state index contributed by atoms with van der Waals surface area (Å²) in [6.07, 6.45) is 1.30. The highest BCUT2D eigenvalue weighted by Gasteiger charge is 2.07. The van der Waals surface area contributed by atoms with Crippen LogP contribution >= 0.6 is 0 Å². The molecule has 0 saturated carbocycles. The fourth-order valence-electron chi connectivity index (χ4n) is 1.23. The largest absolute Gasteiger partial charge is 0.497 e. The van der Waals surface area contributed by atoms with Gasteiger partial charge in [-0.15, -0.1) is 0 Å². The zero-order chi connectivity index (χ0) is 12.3. The molecule has 0 aliphatic heterocycles. The molecule has 2 aromatic rings. The number of ether oxygens (including phenoxy) is 2. The third-order valence-electron chi connectivity index (χ3n) is 2.15. The molecule has 0 unspecified atom stereocenters. The van der Waals surface area contributed by atoms with Crippen molar-refractivity contribution < 1.29 is 9.47 Å². The van der Waals surface area contributed by atoms with Crippen molar-refractivity contribution in [1.82, 2.24) is 9.97 Å². The Kier molecular flexibility index (Phi) is 2.95. The molecule has 88 valence electrons. The Morgan fingerprint density at radius 2 is 1.65 bits per heavy atom. The van der Waals surface area contributed by atoms with Crippen molar-refractivity contribution in [1.29, 1.82) is 0 Å².